The summed E-state index contributed by atoms with van der Waals surface area (Å²) in [6.07, 6.45) is 2.47. The van der Waals surface area contributed by atoms with Gasteiger partial charge >= 0.3 is 0 Å². The minimum atomic E-state index is -3.59. The van der Waals surface area contributed by atoms with Crippen LogP contribution < -0.4 is 0 Å². The van der Waals surface area contributed by atoms with E-state index in [-0.39, 0.29) is 29.6 Å². The summed E-state index contributed by atoms with van der Waals surface area (Å²) in [5, 5.41) is 2.28. The Bertz CT molecular complexity index is 1190. The number of fused-ring (bicyclic) bond motifs is 1. The zero-order valence-corrected chi connectivity index (χ0v) is 20.0. The van der Waals surface area contributed by atoms with Gasteiger partial charge in [0, 0.05) is 41.5 Å². The highest BCUT2D eigenvalue weighted by Crippen LogP contribution is 2.31. The van der Waals surface area contributed by atoms with Crippen LogP contribution in [-0.4, -0.2) is 65.4 Å². The molecule has 1 fully saturated rings. The van der Waals surface area contributed by atoms with Gasteiger partial charge in [0.2, 0.25) is 15.9 Å². The zero-order chi connectivity index (χ0) is 22.0. The molecule has 1 saturated heterocycles. The van der Waals surface area contributed by atoms with Crippen LogP contribution in [0.25, 0.3) is 10.2 Å². The second-order valence-corrected chi connectivity index (χ2v) is 11.4. The van der Waals surface area contributed by atoms with Crippen LogP contribution in [0.3, 0.4) is 0 Å². The lowest BCUT2D eigenvalue weighted by Gasteiger charge is -2.34. The molecule has 7 nitrogen and oxygen atoms in total. The molecule has 0 unspecified atom stereocenters. The summed E-state index contributed by atoms with van der Waals surface area (Å²) in [4.78, 5) is 25.5. The molecule has 0 N–H and O–H groups in total. The molecule has 4 rings (SSSR count). The Kier molecular flexibility index (Phi) is 6.83. The number of carbonyl (C=O) groups is 1. The van der Waals surface area contributed by atoms with E-state index in [2.05, 4.69) is 23.0 Å². The van der Waals surface area contributed by atoms with Crippen molar-refractivity contribution in [2.24, 2.45) is 0 Å². The maximum Gasteiger partial charge on any atom is 0.243 e. The Balaban J connectivity index is 1.35. The van der Waals surface area contributed by atoms with Crippen LogP contribution in [0.4, 0.5) is 0 Å². The second kappa shape index (κ2) is 9.41. The van der Waals surface area contributed by atoms with Gasteiger partial charge in [-0.2, -0.15) is 4.31 Å². The lowest BCUT2D eigenvalue weighted by Crippen LogP contribution is -2.50. The van der Waals surface area contributed by atoms with Crippen LogP contribution in [0.2, 0.25) is 5.02 Å². The first-order chi connectivity index (χ1) is 14.9. The summed E-state index contributed by atoms with van der Waals surface area (Å²) in [6.45, 7) is 3.36. The lowest BCUT2D eigenvalue weighted by atomic mass is 10.3. The number of nitrogens with zero attached hydrogens (tertiary/aromatic N) is 4. The predicted molar refractivity (Wildman–Crippen MR) is 124 cm³/mol. The van der Waals surface area contributed by atoms with Crippen molar-refractivity contribution in [2.75, 3.05) is 31.9 Å². The van der Waals surface area contributed by atoms with Crippen LogP contribution >= 0.6 is 34.7 Å². The molecule has 0 saturated carbocycles. The number of thiophene rings is 1. The van der Waals surface area contributed by atoms with E-state index < -0.39 is 10.0 Å². The third-order valence-corrected chi connectivity index (χ3v) is 9.41. The number of aromatic nitrogens is 2. The molecule has 164 valence electrons. The number of halogens is 1. The normalized spacial score (nSPS) is 15.5. The Morgan fingerprint density at radius 1 is 1.16 bits per heavy atom. The summed E-state index contributed by atoms with van der Waals surface area (Å²) in [7, 11) is -3.59. The van der Waals surface area contributed by atoms with Crippen molar-refractivity contribution < 1.29 is 13.2 Å². The van der Waals surface area contributed by atoms with Gasteiger partial charge in [0.15, 0.2) is 0 Å². The number of thioether (sulfide) groups is 1. The first kappa shape index (κ1) is 22.5. The SMILES string of the molecule is CCc1cc2c(SCC(=O)N3CCN(S(=O)(=O)c4ccc(Cl)cc4)CC3)ncnc2s1. The first-order valence-corrected chi connectivity index (χ1v) is 13.4. The molecule has 2 aromatic heterocycles. The summed E-state index contributed by atoms with van der Waals surface area (Å²) in [5.74, 6) is 0.235. The van der Waals surface area contributed by atoms with E-state index in [0.29, 0.717) is 18.1 Å². The Morgan fingerprint density at radius 3 is 2.55 bits per heavy atom. The molecule has 0 aliphatic carbocycles. The predicted octanol–water partition coefficient (Wildman–Crippen LogP) is 3.53. The van der Waals surface area contributed by atoms with E-state index in [9.17, 15) is 13.2 Å². The molecule has 3 aromatic rings. The number of sulfonamides is 1. The maximum absolute atomic E-state index is 12.8. The molecule has 31 heavy (non-hydrogen) atoms. The van der Waals surface area contributed by atoms with E-state index in [4.69, 9.17) is 11.6 Å². The number of hydrogen-bond donors (Lipinski definition) is 0. The quantitative estimate of drug-likeness (QED) is 0.383. The van der Waals surface area contributed by atoms with Crippen molar-refractivity contribution in [3.05, 3.63) is 46.6 Å². The molecule has 1 amide bonds. The molecule has 1 aromatic carbocycles. The smallest absolute Gasteiger partial charge is 0.243 e. The number of carbonyl (C=O) groups excluding carboxylic acids is 1. The highest BCUT2D eigenvalue weighted by Gasteiger charge is 2.30. The van der Waals surface area contributed by atoms with Gasteiger partial charge < -0.3 is 4.90 Å². The highest BCUT2D eigenvalue weighted by molar-refractivity contribution is 8.00. The van der Waals surface area contributed by atoms with Gasteiger partial charge in [0.05, 0.1) is 10.6 Å². The third kappa shape index (κ3) is 4.88. The van der Waals surface area contributed by atoms with E-state index in [0.717, 1.165) is 21.7 Å². The number of hydrogen-bond acceptors (Lipinski definition) is 7. The molecule has 11 heteroatoms. The van der Waals surface area contributed by atoms with Gasteiger partial charge in [-0.25, -0.2) is 18.4 Å². The molecule has 0 spiro atoms. The fourth-order valence-electron chi connectivity index (χ4n) is 3.33. The molecule has 0 radical (unpaired) electrons. The Labute approximate surface area is 194 Å². The fourth-order valence-corrected chi connectivity index (χ4v) is 6.75. The summed E-state index contributed by atoms with van der Waals surface area (Å²) in [6, 6.07) is 8.22. The minimum absolute atomic E-state index is 0.0220. The molecule has 3 heterocycles. The zero-order valence-electron chi connectivity index (χ0n) is 16.8. The molecular formula is C20H21ClN4O3S3. The van der Waals surface area contributed by atoms with Crippen LogP contribution in [0.5, 0.6) is 0 Å². The first-order valence-electron chi connectivity index (χ1n) is 9.78. The van der Waals surface area contributed by atoms with Crippen LogP contribution in [-0.2, 0) is 21.2 Å². The van der Waals surface area contributed by atoms with E-state index >= 15 is 0 Å². The van der Waals surface area contributed by atoms with Gasteiger partial charge in [0.25, 0.3) is 0 Å². The van der Waals surface area contributed by atoms with Gasteiger partial charge in [-0.1, -0.05) is 30.3 Å². The van der Waals surface area contributed by atoms with Crippen molar-refractivity contribution in [1.29, 1.82) is 0 Å². The number of piperazine rings is 1. The molecule has 0 bridgehead atoms. The average molecular weight is 497 g/mol. The van der Waals surface area contributed by atoms with Crippen molar-refractivity contribution >= 4 is 60.8 Å². The summed E-state index contributed by atoms with van der Waals surface area (Å²) >= 11 is 8.90. The van der Waals surface area contributed by atoms with Gasteiger partial charge in [-0.15, -0.1) is 11.3 Å². The number of rotatable bonds is 6. The average Bonchev–Trinajstić information content (AvgIpc) is 3.22. The van der Waals surface area contributed by atoms with Gasteiger partial charge in [-0.3, -0.25) is 4.79 Å². The monoisotopic (exact) mass is 496 g/mol. The fraction of sp³-hybridized carbons (Fsp3) is 0.350. The molecule has 1 aliphatic rings. The second-order valence-electron chi connectivity index (χ2n) is 6.99. The van der Waals surface area contributed by atoms with Crippen molar-refractivity contribution in [2.45, 2.75) is 23.3 Å². The maximum atomic E-state index is 12.8. The summed E-state index contributed by atoms with van der Waals surface area (Å²) < 4.78 is 27.0. The van der Waals surface area contributed by atoms with E-state index in [1.807, 2.05) is 0 Å². The third-order valence-electron chi connectivity index (χ3n) is 5.07. The van der Waals surface area contributed by atoms with Crippen LogP contribution in [0.1, 0.15) is 11.8 Å². The number of aryl methyl sites for hydroxylation is 1. The minimum Gasteiger partial charge on any atom is -0.339 e. The molecule has 0 atom stereocenters. The van der Waals surface area contributed by atoms with E-state index in [1.54, 1.807) is 28.4 Å². The van der Waals surface area contributed by atoms with E-state index in [1.165, 1.54) is 39.4 Å². The molecular weight excluding hydrogens is 476 g/mol. The van der Waals surface area contributed by atoms with Crippen molar-refractivity contribution in [3.8, 4) is 0 Å². The van der Waals surface area contributed by atoms with Crippen LogP contribution in [0.15, 0.2) is 46.6 Å². The summed E-state index contributed by atoms with van der Waals surface area (Å²) in [5.41, 5.74) is 0. The Morgan fingerprint density at radius 2 is 1.87 bits per heavy atom. The van der Waals surface area contributed by atoms with Crippen molar-refractivity contribution in [1.82, 2.24) is 19.2 Å². The standard InChI is InChI=1S/C20H21ClN4O3S3/c1-2-15-11-17-19(22-13-23-20(17)30-15)29-12-18(26)24-7-9-25(10-8-24)31(27,28)16-5-3-14(21)4-6-16/h3-6,11,13H,2,7-10,12H2,1H3. The largest absolute Gasteiger partial charge is 0.339 e. The van der Waals surface area contributed by atoms with Gasteiger partial charge in [-0.05, 0) is 36.8 Å². The molecule has 1 aliphatic heterocycles. The van der Waals surface area contributed by atoms with Crippen LogP contribution in [0, 0.1) is 0 Å². The number of amides is 1. The lowest BCUT2D eigenvalue weighted by molar-refractivity contribution is -0.129. The topological polar surface area (TPSA) is 83.5 Å². The van der Waals surface area contributed by atoms with Crippen molar-refractivity contribution in [3.63, 3.8) is 0 Å². The Hall–Kier alpha value is -1.72. The highest BCUT2D eigenvalue weighted by atomic mass is 35.5. The van der Waals surface area contributed by atoms with Gasteiger partial charge in [0.1, 0.15) is 16.2 Å². The number of benzene rings is 1.